The molecule has 35 heavy (non-hydrogen) atoms. The first-order valence-electron chi connectivity index (χ1n) is 12.0. The molecular formula is C26H34N6O3. The van der Waals surface area contributed by atoms with Gasteiger partial charge in [-0.3, -0.25) is 4.79 Å². The Morgan fingerprint density at radius 2 is 2.00 bits per heavy atom. The van der Waals surface area contributed by atoms with Crippen LogP contribution in [-0.2, 0) is 0 Å². The summed E-state index contributed by atoms with van der Waals surface area (Å²) in [5, 5.41) is 4.49. The summed E-state index contributed by atoms with van der Waals surface area (Å²) < 4.78 is 12.5. The van der Waals surface area contributed by atoms with Crippen molar-refractivity contribution in [3.63, 3.8) is 0 Å². The van der Waals surface area contributed by atoms with Gasteiger partial charge in [-0.05, 0) is 77.5 Å². The number of nitrogens with zero attached hydrogens (tertiary/aromatic N) is 6. The number of amides is 1. The Kier molecular flexibility index (Phi) is 7.65. The Balaban J connectivity index is 1.63. The lowest BCUT2D eigenvalue weighted by Crippen LogP contribution is -2.45. The smallest absolute Gasteiger partial charge is 0.257 e. The molecule has 3 aromatic rings. The van der Waals surface area contributed by atoms with E-state index in [0.29, 0.717) is 28.7 Å². The van der Waals surface area contributed by atoms with Crippen molar-refractivity contribution in [2.75, 3.05) is 41.4 Å². The lowest BCUT2D eigenvalue weighted by atomic mass is 9.98. The maximum atomic E-state index is 13.6. The highest BCUT2D eigenvalue weighted by atomic mass is 16.5. The predicted octanol–water partition coefficient (Wildman–Crippen LogP) is 3.60. The second-order valence-corrected chi connectivity index (χ2v) is 9.10. The van der Waals surface area contributed by atoms with Crippen molar-refractivity contribution < 1.29 is 14.3 Å². The number of hydrogen-bond donors (Lipinski definition) is 0. The van der Waals surface area contributed by atoms with Crippen LogP contribution in [0.3, 0.4) is 0 Å². The topological polar surface area (TPSA) is 85.6 Å². The molecule has 0 spiro atoms. The van der Waals surface area contributed by atoms with Crippen LogP contribution in [0, 0.1) is 6.92 Å². The summed E-state index contributed by atoms with van der Waals surface area (Å²) in [6.07, 6.45) is 7.53. The van der Waals surface area contributed by atoms with Crippen LogP contribution in [0.5, 0.6) is 11.5 Å². The van der Waals surface area contributed by atoms with Crippen molar-refractivity contribution in [2.45, 2.75) is 38.6 Å². The Morgan fingerprint density at radius 1 is 1.17 bits per heavy atom. The van der Waals surface area contributed by atoms with Crippen LogP contribution in [0.1, 0.15) is 41.7 Å². The van der Waals surface area contributed by atoms with E-state index in [1.54, 1.807) is 31.3 Å². The minimum Gasteiger partial charge on any atom is -0.497 e. The van der Waals surface area contributed by atoms with Gasteiger partial charge in [-0.25, -0.2) is 14.6 Å². The molecule has 1 aliphatic rings. The maximum Gasteiger partial charge on any atom is 0.257 e. The van der Waals surface area contributed by atoms with Gasteiger partial charge in [0.1, 0.15) is 11.5 Å². The molecule has 0 aliphatic carbocycles. The summed E-state index contributed by atoms with van der Waals surface area (Å²) in [5.74, 6) is 1.81. The first-order chi connectivity index (χ1) is 16.9. The highest BCUT2D eigenvalue weighted by molar-refractivity contribution is 5.95. The van der Waals surface area contributed by atoms with Crippen LogP contribution in [0.2, 0.25) is 0 Å². The van der Waals surface area contributed by atoms with Gasteiger partial charge in [0.15, 0.2) is 0 Å². The molecule has 186 valence electrons. The predicted molar refractivity (Wildman–Crippen MR) is 134 cm³/mol. The molecule has 3 heterocycles. The molecule has 1 aromatic carbocycles. The fraction of sp³-hybridized carbons (Fsp3) is 0.462. The van der Waals surface area contributed by atoms with Crippen molar-refractivity contribution in [3.05, 3.63) is 47.9 Å². The van der Waals surface area contributed by atoms with Gasteiger partial charge >= 0.3 is 0 Å². The Bertz CT molecular complexity index is 1180. The van der Waals surface area contributed by atoms with Gasteiger partial charge in [0, 0.05) is 24.3 Å². The van der Waals surface area contributed by atoms with E-state index in [-0.39, 0.29) is 11.9 Å². The molecule has 0 radical (unpaired) electrons. The number of carbonyl (C=O) groups is 1. The molecule has 1 atom stereocenters. The van der Waals surface area contributed by atoms with Crippen molar-refractivity contribution >= 4 is 5.91 Å². The molecule has 0 saturated carbocycles. The number of piperidine rings is 1. The summed E-state index contributed by atoms with van der Waals surface area (Å²) in [5.41, 5.74) is 2.78. The number of ether oxygens (including phenoxy) is 2. The second-order valence-electron chi connectivity index (χ2n) is 9.10. The Morgan fingerprint density at radius 3 is 2.74 bits per heavy atom. The van der Waals surface area contributed by atoms with Gasteiger partial charge in [0.2, 0.25) is 0 Å². The van der Waals surface area contributed by atoms with Gasteiger partial charge < -0.3 is 19.3 Å². The molecule has 1 amide bonds. The molecule has 1 saturated heterocycles. The number of hydrogen-bond acceptors (Lipinski definition) is 7. The van der Waals surface area contributed by atoms with E-state index in [1.165, 1.54) is 0 Å². The van der Waals surface area contributed by atoms with Crippen LogP contribution in [0.4, 0.5) is 0 Å². The van der Waals surface area contributed by atoms with Crippen LogP contribution >= 0.6 is 0 Å². The molecule has 2 aromatic heterocycles. The molecule has 4 rings (SSSR count). The van der Waals surface area contributed by atoms with Crippen LogP contribution in [0.25, 0.3) is 17.2 Å². The largest absolute Gasteiger partial charge is 0.497 e. The normalized spacial score (nSPS) is 15.9. The summed E-state index contributed by atoms with van der Waals surface area (Å²) in [7, 11) is 7.38. The molecule has 1 unspecified atom stereocenters. The fourth-order valence-electron chi connectivity index (χ4n) is 4.57. The monoisotopic (exact) mass is 478 g/mol. The van der Waals surface area contributed by atoms with E-state index in [0.717, 1.165) is 50.0 Å². The molecular weight excluding hydrogens is 444 g/mol. The van der Waals surface area contributed by atoms with E-state index in [1.807, 2.05) is 36.1 Å². The summed E-state index contributed by atoms with van der Waals surface area (Å²) in [6.45, 7) is 3.63. The number of likely N-dealkylation sites (tertiary alicyclic amines) is 1. The van der Waals surface area contributed by atoms with Gasteiger partial charge in [0.25, 0.3) is 11.9 Å². The van der Waals surface area contributed by atoms with Gasteiger partial charge in [-0.2, -0.15) is 5.10 Å². The maximum absolute atomic E-state index is 13.6. The van der Waals surface area contributed by atoms with Crippen LogP contribution < -0.4 is 9.47 Å². The zero-order chi connectivity index (χ0) is 24.9. The van der Waals surface area contributed by atoms with Gasteiger partial charge in [0.05, 0.1) is 37.4 Å². The summed E-state index contributed by atoms with van der Waals surface area (Å²) in [4.78, 5) is 26.9. The average molecular weight is 479 g/mol. The third-order valence-electron chi connectivity index (χ3n) is 6.55. The lowest BCUT2D eigenvalue weighted by molar-refractivity contribution is 0.0590. The Labute approximate surface area is 206 Å². The van der Waals surface area contributed by atoms with E-state index < -0.39 is 0 Å². The van der Waals surface area contributed by atoms with Crippen molar-refractivity contribution in [2.24, 2.45) is 0 Å². The molecule has 9 heteroatoms. The Hall–Kier alpha value is -3.46. The lowest BCUT2D eigenvalue weighted by Gasteiger charge is -2.36. The van der Waals surface area contributed by atoms with Crippen molar-refractivity contribution in [3.8, 4) is 28.7 Å². The zero-order valence-electron chi connectivity index (χ0n) is 21.2. The van der Waals surface area contributed by atoms with Gasteiger partial charge in [-0.15, -0.1) is 0 Å². The van der Waals surface area contributed by atoms with Crippen molar-refractivity contribution in [1.82, 2.24) is 29.5 Å². The summed E-state index contributed by atoms with van der Waals surface area (Å²) in [6, 6.07) is 7.62. The van der Waals surface area contributed by atoms with E-state index >= 15 is 0 Å². The minimum atomic E-state index is 0.0304. The van der Waals surface area contributed by atoms with Crippen LogP contribution in [0.15, 0.2) is 36.7 Å². The highest BCUT2D eigenvalue weighted by Crippen LogP contribution is 2.32. The number of carbonyl (C=O) groups excluding carboxylic acids is 1. The molecule has 0 N–H and O–H groups in total. The highest BCUT2D eigenvalue weighted by Gasteiger charge is 2.29. The summed E-state index contributed by atoms with van der Waals surface area (Å²) >= 11 is 0. The zero-order valence-corrected chi connectivity index (χ0v) is 21.2. The minimum absolute atomic E-state index is 0.0304. The first kappa shape index (κ1) is 24.7. The quantitative estimate of drug-likeness (QED) is 0.489. The average Bonchev–Trinajstić information content (AvgIpc) is 3.28. The molecule has 1 aliphatic heterocycles. The van der Waals surface area contributed by atoms with E-state index in [9.17, 15) is 4.79 Å². The van der Waals surface area contributed by atoms with Gasteiger partial charge in [-0.1, -0.05) is 0 Å². The standard InChI is InChI=1S/C26H34N6O3/c1-18-22(25(33)31-14-7-6-8-19(31)12-15-30(2)3)17-28-32(18)26-27-13-11-23(29-26)21-16-20(34-4)9-10-24(21)35-5/h9-11,13,16-17,19H,6-8,12,14-15H2,1-5H3. The molecule has 9 nitrogen and oxygen atoms in total. The SMILES string of the molecule is COc1ccc(OC)c(-c2ccnc(-n3ncc(C(=O)N4CCCCC4CCN(C)C)c3C)n2)c1. The molecule has 0 bridgehead atoms. The second kappa shape index (κ2) is 10.9. The number of aromatic nitrogens is 4. The first-order valence-corrected chi connectivity index (χ1v) is 12.0. The van der Waals surface area contributed by atoms with E-state index in [4.69, 9.17) is 14.5 Å². The number of rotatable bonds is 8. The van der Waals surface area contributed by atoms with Crippen molar-refractivity contribution in [1.29, 1.82) is 0 Å². The third-order valence-corrected chi connectivity index (χ3v) is 6.55. The number of methoxy groups -OCH3 is 2. The van der Waals surface area contributed by atoms with Crippen LogP contribution in [-0.4, -0.2) is 82.9 Å². The van der Waals surface area contributed by atoms with E-state index in [2.05, 4.69) is 29.1 Å². The fourth-order valence-corrected chi connectivity index (χ4v) is 4.57. The molecule has 1 fully saturated rings. The number of benzene rings is 1. The third kappa shape index (κ3) is 5.30.